The van der Waals surface area contributed by atoms with E-state index in [1.54, 1.807) is 11.0 Å². The molecule has 1 aromatic rings. The molecule has 0 N–H and O–H groups in total. The number of morpholine rings is 1. The van der Waals surface area contributed by atoms with Crippen LogP contribution in [0.2, 0.25) is 0 Å². The average molecular weight is 416 g/mol. The van der Waals surface area contributed by atoms with E-state index in [9.17, 15) is 14.4 Å². The molecule has 24 heavy (non-hydrogen) atoms. The minimum atomic E-state index is -0.484. The van der Waals surface area contributed by atoms with Gasteiger partial charge >= 0.3 is 11.8 Å². The normalized spacial score (nSPS) is 18.6. The quantitative estimate of drug-likeness (QED) is 0.631. The zero-order valence-electron chi connectivity index (χ0n) is 13.1. The van der Waals surface area contributed by atoms with E-state index in [1.807, 2.05) is 5.38 Å². The van der Waals surface area contributed by atoms with Gasteiger partial charge in [0.2, 0.25) is 0 Å². The summed E-state index contributed by atoms with van der Waals surface area (Å²) in [5, 5.41) is 1.81. The molecule has 7 nitrogen and oxygen atoms in total. The van der Waals surface area contributed by atoms with Crippen molar-refractivity contribution in [1.29, 1.82) is 0 Å². The molecule has 2 aliphatic heterocycles. The highest BCUT2D eigenvalue weighted by atomic mass is 79.9. The van der Waals surface area contributed by atoms with Crippen molar-refractivity contribution in [2.75, 3.05) is 52.5 Å². The van der Waals surface area contributed by atoms with E-state index in [-0.39, 0.29) is 5.91 Å². The second kappa shape index (κ2) is 7.62. The smallest absolute Gasteiger partial charge is 0.312 e. The van der Waals surface area contributed by atoms with Crippen LogP contribution in [0.4, 0.5) is 0 Å². The van der Waals surface area contributed by atoms with Crippen LogP contribution in [0.15, 0.2) is 15.2 Å². The van der Waals surface area contributed by atoms with Gasteiger partial charge in [0.15, 0.2) is 0 Å². The van der Waals surface area contributed by atoms with E-state index in [0.29, 0.717) is 58.0 Å². The van der Waals surface area contributed by atoms with E-state index in [2.05, 4.69) is 15.9 Å². The Labute approximate surface area is 152 Å². The summed E-state index contributed by atoms with van der Waals surface area (Å²) in [6.07, 6.45) is 0. The lowest BCUT2D eigenvalue weighted by molar-refractivity contribution is -0.154. The molecule has 2 aliphatic rings. The van der Waals surface area contributed by atoms with Crippen molar-refractivity contribution in [3.8, 4) is 0 Å². The van der Waals surface area contributed by atoms with Crippen LogP contribution in [0.5, 0.6) is 0 Å². The lowest BCUT2D eigenvalue weighted by atomic mass is 10.2. The number of hydrogen-bond acceptors (Lipinski definition) is 5. The maximum Gasteiger partial charge on any atom is 0.312 e. The third-order valence-corrected chi connectivity index (χ3v) is 5.65. The van der Waals surface area contributed by atoms with Gasteiger partial charge in [0.1, 0.15) is 0 Å². The number of thiophene rings is 1. The summed E-state index contributed by atoms with van der Waals surface area (Å²) in [6.45, 7) is 3.49. The molecule has 0 unspecified atom stereocenters. The van der Waals surface area contributed by atoms with Crippen molar-refractivity contribution in [2.45, 2.75) is 0 Å². The maximum atomic E-state index is 12.4. The predicted octanol–water partition coefficient (Wildman–Crippen LogP) is 0.654. The zero-order chi connectivity index (χ0) is 17.1. The van der Waals surface area contributed by atoms with Gasteiger partial charge in [0, 0.05) is 44.6 Å². The van der Waals surface area contributed by atoms with Gasteiger partial charge in [-0.25, -0.2) is 0 Å². The van der Waals surface area contributed by atoms with Gasteiger partial charge in [-0.1, -0.05) is 0 Å². The van der Waals surface area contributed by atoms with Crippen LogP contribution < -0.4 is 0 Å². The number of nitrogens with zero attached hydrogens (tertiary/aromatic N) is 3. The van der Waals surface area contributed by atoms with Gasteiger partial charge in [-0.2, -0.15) is 0 Å². The fourth-order valence-electron chi connectivity index (χ4n) is 2.75. The van der Waals surface area contributed by atoms with Crippen molar-refractivity contribution in [1.82, 2.24) is 14.7 Å². The van der Waals surface area contributed by atoms with Crippen molar-refractivity contribution in [3.05, 3.63) is 20.8 Å². The molecule has 3 heterocycles. The molecular weight excluding hydrogens is 398 g/mol. The van der Waals surface area contributed by atoms with Gasteiger partial charge in [-0.05, 0) is 22.0 Å². The molecule has 0 radical (unpaired) electrons. The van der Waals surface area contributed by atoms with Crippen LogP contribution >= 0.6 is 27.3 Å². The van der Waals surface area contributed by atoms with Crippen LogP contribution in [0.25, 0.3) is 0 Å². The Kier molecular flexibility index (Phi) is 5.52. The number of carbonyl (C=O) groups is 3. The Morgan fingerprint density at radius 1 is 0.917 bits per heavy atom. The van der Waals surface area contributed by atoms with Gasteiger partial charge in [0.05, 0.1) is 22.6 Å². The van der Waals surface area contributed by atoms with Crippen LogP contribution in [-0.4, -0.2) is 84.9 Å². The van der Waals surface area contributed by atoms with Gasteiger partial charge in [-0.15, -0.1) is 11.3 Å². The van der Waals surface area contributed by atoms with Gasteiger partial charge < -0.3 is 19.4 Å². The van der Waals surface area contributed by atoms with Crippen molar-refractivity contribution < 1.29 is 19.1 Å². The Bertz CT molecular complexity index is 636. The minimum absolute atomic E-state index is 0.0384. The number of carbonyl (C=O) groups excluding carboxylic acids is 3. The second-order valence-electron chi connectivity index (χ2n) is 5.63. The van der Waals surface area contributed by atoms with Crippen molar-refractivity contribution in [2.24, 2.45) is 0 Å². The molecule has 3 amide bonds. The van der Waals surface area contributed by atoms with E-state index in [0.717, 1.165) is 3.79 Å². The molecular formula is C15H18BrN3O4S. The Morgan fingerprint density at radius 3 is 2.00 bits per heavy atom. The van der Waals surface area contributed by atoms with Crippen molar-refractivity contribution in [3.63, 3.8) is 0 Å². The monoisotopic (exact) mass is 415 g/mol. The highest BCUT2D eigenvalue weighted by Gasteiger charge is 2.31. The van der Waals surface area contributed by atoms with Crippen LogP contribution in [-0.2, 0) is 14.3 Å². The first kappa shape index (κ1) is 17.4. The first-order chi connectivity index (χ1) is 11.6. The first-order valence-electron chi connectivity index (χ1n) is 7.75. The molecule has 2 fully saturated rings. The summed E-state index contributed by atoms with van der Waals surface area (Å²) in [7, 11) is 0. The van der Waals surface area contributed by atoms with E-state index >= 15 is 0 Å². The van der Waals surface area contributed by atoms with E-state index in [4.69, 9.17) is 4.74 Å². The number of ether oxygens (including phenoxy) is 1. The summed E-state index contributed by atoms with van der Waals surface area (Å²) >= 11 is 4.82. The third kappa shape index (κ3) is 3.79. The molecule has 9 heteroatoms. The van der Waals surface area contributed by atoms with Gasteiger partial charge in [0.25, 0.3) is 5.91 Å². The fourth-order valence-corrected chi connectivity index (χ4v) is 3.88. The van der Waals surface area contributed by atoms with Crippen LogP contribution in [0, 0.1) is 0 Å². The van der Waals surface area contributed by atoms with E-state index in [1.165, 1.54) is 21.1 Å². The Balaban J connectivity index is 1.53. The summed E-state index contributed by atoms with van der Waals surface area (Å²) < 4.78 is 6.11. The highest BCUT2D eigenvalue weighted by molar-refractivity contribution is 9.11. The molecule has 0 saturated carbocycles. The molecule has 0 aliphatic carbocycles. The average Bonchev–Trinajstić information content (AvgIpc) is 3.07. The Hall–Kier alpha value is -1.45. The molecule has 1 aromatic heterocycles. The number of amides is 3. The molecule has 0 atom stereocenters. The molecule has 0 spiro atoms. The largest absolute Gasteiger partial charge is 0.378 e. The number of piperazine rings is 1. The standard InChI is InChI=1S/C15H18BrN3O4S/c16-12-9-11(10-24-12)13(20)17-1-3-18(4-2-17)14(21)15(22)19-5-7-23-8-6-19/h9-10H,1-8H2. The minimum Gasteiger partial charge on any atom is -0.378 e. The summed E-state index contributed by atoms with van der Waals surface area (Å²) in [6, 6.07) is 1.80. The van der Waals surface area contributed by atoms with Gasteiger partial charge in [-0.3, -0.25) is 14.4 Å². The molecule has 2 saturated heterocycles. The summed E-state index contributed by atoms with van der Waals surface area (Å²) in [4.78, 5) is 41.7. The van der Waals surface area contributed by atoms with E-state index < -0.39 is 11.8 Å². The molecule has 0 aromatic carbocycles. The summed E-state index contributed by atoms with van der Waals surface area (Å²) in [5.74, 6) is -0.995. The van der Waals surface area contributed by atoms with Crippen LogP contribution in [0.3, 0.4) is 0 Å². The third-order valence-electron chi connectivity index (χ3n) is 4.15. The number of halogens is 1. The first-order valence-corrected chi connectivity index (χ1v) is 9.43. The SMILES string of the molecule is O=C(C(=O)N1CCN(C(=O)c2csc(Br)c2)CC1)N1CCOCC1. The highest BCUT2D eigenvalue weighted by Crippen LogP contribution is 2.22. The number of rotatable bonds is 1. The molecule has 0 bridgehead atoms. The fraction of sp³-hybridized carbons (Fsp3) is 0.533. The molecule has 3 rings (SSSR count). The van der Waals surface area contributed by atoms with Crippen molar-refractivity contribution >= 4 is 45.0 Å². The second-order valence-corrected chi connectivity index (χ2v) is 7.92. The lowest BCUT2D eigenvalue weighted by Gasteiger charge is -2.35. The maximum absolute atomic E-state index is 12.4. The Morgan fingerprint density at radius 2 is 1.46 bits per heavy atom. The number of hydrogen-bond donors (Lipinski definition) is 0. The van der Waals surface area contributed by atoms with Crippen LogP contribution in [0.1, 0.15) is 10.4 Å². The molecule has 130 valence electrons. The summed E-state index contributed by atoms with van der Waals surface area (Å²) in [5.41, 5.74) is 0.649. The lowest BCUT2D eigenvalue weighted by Crippen LogP contribution is -2.55. The topological polar surface area (TPSA) is 70.2 Å². The predicted molar refractivity (Wildman–Crippen MR) is 91.9 cm³/mol. The zero-order valence-corrected chi connectivity index (χ0v) is 15.5.